The summed E-state index contributed by atoms with van der Waals surface area (Å²) < 4.78 is 0. The van der Waals surface area contributed by atoms with Gasteiger partial charge in [0.05, 0.1) is 23.2 Å². The molecular weight excluding hydrogens is 286 g/mol. The number of carbonyl (C=O) groups is 3. The maximum atomic E-state index is 12.2. The predicted octanol–water partition coefficient (Wildman–Crippen LogP) is 1.61. The molecular formula is C15H15N3O4. The quantitative estimate of drug-likeness (QED) is 0.612. The van der Waals surface area contributed by atoms with Crippen LogP contribution in [0.3, 0.4) is 0 Å². The van der Waals surface area contributed by atoms with Crippen molar-refractivity contribution < 1.29 is 19.5 Å². The minimum Gasteiger partial charge on any atom is -0.465 e. The molecule has 0 saturated carbocycles. The number of imide groups is 1. The lowest BCUT2D eigenvalue weighted by Crippen LogP contribution is -2.45. The van der Waals surface area contributed by atoms with Gasteiger partial charge >= 0.3 is 6.09 Å². The Bertz CT molecular complexity index is 615. The molecule has 1 aliphatic heterocycles. The predicted molar refractivity (Wildman–Crippen MR) is 76.2 cm³/mol. The van der Waals surface area contributed by atoms with Crippen molar-refractivity contribution in [3.63, 3.8) is 0 Å². The fraction of sp³-hybridized carbons (Fsp3) is 0.333. The molecule has 1 heterocycles. The smallest absolute Gasteiger partial charge is 0.404 e. The number of carboxylic acid groups (broad SMARTS) is 1. The molecule has 1 aliphatic rings. The number of rotatable bonds is 6. The fourth-order valence-electron chi connectivity index (χ4n) is 2.44. The van der Waals surface area contributed by atoms with Gasteiger partial charge in [-0.05, 0) is 25.0 Å². The Morgan fingerprint density at radius 3 is 2.36 bits per heavy atom. The highest BCUT2D eigenvalue weighted by molar-refractivity contribution is 6.21. The summed E-state index contributed by atoms with van der Waals surface area (Å²) in [7, 11) is 0. The maximum Gasteiger partial charge on any atom is 0.404 e. The van der Waals surface area contributed by atoms with Crippen LogP contribution < -0.4 is 5.32 Å². The van der Waals surface area contributed by atoms with Crippen molar-refractivity contribution in [2.75, 3.05) is 6.54 Å². The van der Waals surface area contributed by atoms with Gasteiger partial charge in [-0.3, -0.25) is 14.5 Å². The van der Waals surface area contributed by atoms with Crippen molar-refractivity contribution in [2.24, 2.45) is 0 Å². The van der Waals surface area contributed by atoms with E-state index in [0.29, 0.717) is 30.4 Å². The second-order valence-corrected chi connectivity index (χ2v) is 4.96. The molecule has 0 aromatic heterocycles. The average Bonchev–Trinajstić information content (AvgIpc) is 2.72. The van der Waals surface area contributed by atoms with E-state index in [1.165, 1.54) is 0 Å². The SMILES string of the molecule is N#CCCCC(CN1C(=O)c2ccccc2C1=O)NC(=O)O. The molecule has 114 valence electrons. The highest BCUT2D eigenvalue weighted by atomic mass is 16.4. The number of nitrogens with zero attached hydrogens (tertiary/aromatic N) is 2. The highest BCUT2D eigenvalue weighted by Gasteiger charge is 2.36. The summed E-state index contributed by atoms with van der Waals surface area (Å²) in [6, 6.07) is 7.89. The largest absolute Gasteiger partial charge is 0.465 e. The summed E-state index contributed by atoms with van der Waals surface area (Å²) in [5.41, 5.74) is 0.664. The maximum absolute atomic E-state index is 12.2. The lowest BCUT2D eigenvalue weighted by Gasteiger charge is -2.22. The van der Waals surface area contributed by atoms with E-state index in [0.717, 1.165) is 4.90 Å². The Balaban J connectivity index is 2.10. The van der Waals surface area contributed by atoms with Crippen LogP contribution in [0.15, 0.2) is 24.3 Å². The van der Waals surface area contributed by atoms with Crippen LogP contribution in [0, 0.1) is 11.3 Å². The number of benzene rings is 1. The molecule has 0 spiro atoms. The number of amides is 3. The number of unbranched alkanes of at least 4 members (excludes halogenated alkanes) is 1. The van der Waals surface area contributed by atoms with Gasteiger partial charge < -0.3 is 10.4 Å². The topological polar surface area (TPSA) is 111 Å². The molecule has 3 amide bonds. The van der Waals surface area contributed by atoms with Crippen LogP contribution >= 0.6 is 0 Å². The molecule has 22 heavy (non-hydrogen) atoms. The van der Waals surface area contributed by atoms with Crippen LogP contribution in [-0.2, 0) is 0 Å². The van der Waals surface area contributed by atoms with E-state index in [4.69, 9.17) is 10.4 Å². The third-order valence-corrected chi connectivity index (χ3v) is 3.45. The number of hydrogen-bond acceptors (Lipinski definition) is 4. The van der Waals surface area contributed by atoms with Gasteiger partial charge in [0.25, 0.3) is 11.8 Å². The second-order valence-electron chi connectivity index (χ2n) is 4.96. The number of fused-ring (bicyclic) bond motifs is 1. The molecule has 0 aliphatic carbocycles. The van der Waals surface area contributed by atoms with E-state index >= 15 is 0 Å². The molecule has 0 saturated heterocycles. The lowest BCUT2D eigenvalue weighted by molar-refractivity contribution is 0.0634. The molecule has 7 heteroatoms. The van der Waals surface area contributed by atoms with Gasteiger partial charge in [0, 0.05) is 13.0 Å². The minimum absolute atomic E-state index is 0.0376. The van der Waals surface area contributed by atoms with Crippen LogP contribution in [0.1, 0.15) is 40.0 Å². The van der Waals surface area contributed by atoms with Crippen LogP contribution in [0.4, 0.5) is 4.79 Å². The zero-order valence-electron chi connectivity index (χ0n) is 11.8. The molecule has 1 unspecified atom stereocenters. The Morgan fingerprint density at radius 1 is 1.27 bits per heavy atom. The first kappa shape index (κ1) is 15.5. The molecule has 1 aromatic rings. The van der Waals surface area contributed by atoms with Crippen molar-refractivity contribution in [1.82, 2.24) is 10.2 Å². The van der Waals surface area contributed by atoms with Crippen molar-refractivity contribution >= 4 is 17.9 Å². The van der Waals surface area contributed by atoms with Crippen LogP contribution in [-0.4, -0.2) is 40.5 Å². The highest BCUT2D eigenvalue weighted by Crippen LogP contribution is 2.23. The van der Waals surface area contributed by atoms with Crippen LogP contribution in [0.25, 0.3) is 0 Å². The first-order chi connectivity index (χ1) is 10.5. The number of nitriles is 1. The summed E-state index contributed by atoms with van der Waals surface area (Å²) in [5.74, 6) is -0.837. The number of nitrogens with one attached hydrogen (secondary N) is 1. The van der Waals surface area contributed by atoms with Crippen molar-refractivity contribution in [3.8, 4) is 6.07 Å². The number of carbonyl (C=O) groups excluding carboxylic acids is 2. The van der Waals surface area contributed by atoms with Gasteiger partial charge in [0.1, 0.15) is 0 Å². The van der Waals surface area contributed by atoms with E-state index in [9.17, 15) is 14.4 Å². The molecule has 0 bridgehead atoms. The van der Waals surface area contributed by atoms with Crippen molar-refractivity contribution in [3.05, 3.63) is 35.4 Å². The molecule has 0 fully saturated rings. The average molecular weight is 301 g/mol. The molecule has 0 radical (unpaired) electrons. The second kappa shape index (κ2) is 6.72. The van der Waals surface area contributed by atoms with Gasteiger partial charge in [0.2, 0.25) is 0 Å². The summed E-state index contributed by atoms with van der Waals surface area (Å²) >= 11 is 0. The van der Waals surface area contributed by atoms with Crippen LogP contribution in [0.2, 0.25) is 0 Å². The fourth-order valence-corrected chi connectivity index (χ4v) is 2.44. The van der Waals surface area contributed by atoms with Gasteiger partial charge in [-0.25, -0.2) is 4.79 Å². The third kappa shape index (κ3) is 3.23. The van der Waals surface area contributed by atoms with Gasteiger partial charge in [0.15, 0.2) is 0 Å². The Hall–Kier alpha value is -2.88. The molecule has 1 aromatic carbocycles. The van der Waals surface area contributed by atoms with E-state index < -0.39 is 23.9 Å². The summed E-state index contributed by atoms with van der Waals surface area (Å²) in [6.07, 6.45) is -0.0591. The van der Waals surface area contributed by atoms with E-state index in [-0.39, 0.29) is 6.54 Å². The zero-order chi connectivity index (χ0) is 16.1. The van der Waals surface area contributed by atoms with E-state index in [1.807, 2.05) is 6.07 Å². The Labute approximate surface area is 127 Å². The van der Waals surface area contributed by atoms with Crippen LogP contribution in [0.5, 0.6) is 0 Å². The lowest BCUT2D eigenvalue weighted by atomic mass is 10.1. The van der Waals surface area contributed by atoms with Crippen molar-refractivity contribution in [2.45, 2.75) is 25.3 Å². The summed E-state index contributed by atoms with van der Waals surface area (Å²) in [6.45, 7) is -0.0376. The third-order valence-electron chi connectivity index (χ3n) is 3.45. The molecule has 2 rings (SSSR count). The van der Waals surface area contributed by atoms with Crippen molar-refractivity contribution in [1.29, 1.82) is 5.26 Å². The van der Waals surface area contributed by atoms with Gasteiger partial charge in [-0.2, -0.15) is 5.26 Å². The van der Waals surface area contributed by atoms with E-state index in [2.05, 4.69) is 5.32 Å². The molecule has 1 atom stereocenters. The number of hydrogen-bond donors (Lipinski definition) is 2. The molecule has 2 N–H and O–H groups in total. The normalized spacial score (nSPS) is 14.4. The first-order valence-electron chi connectivity index (χ1n) is 6.86. The molecule has 7 nitrogen and oxygen atoms in total. The minimum atomic E-state index is -1.22. The first-order valence-corrected chi connectivity index (χ1v) is 6.86. The monoisotopic (exact) mass is 301 g/mol. The zero-order valence-corrected chi connectivity index (χ0v) is 11.8. The Kier molecular flexibility index (Phi) is 4.73. The van der Waals surface area contributed by atoms with E-state index in [1.54, 1.807) is 24.3 Å². The van der Waals surface area contributed by atoms with Gasteiger partial charge in [-0.15, -0.1) is 0 Å². The standard InChI is InChI=1S/C15H15N3O4/c16-8-4-3-5-10(17-15(21)22)9-18-13(19)11-6-1-2-7-12(11)14(18)20/h1-2,6-7,10,17H,3-5,9H2,(H,21,22). The summed E-state index contributed by atoms with van der Waals surface area (Å²) in [4.78, 5) is 36.4. The van der Waals surface area contributed by atoms with Gasteiger partial charge in [-0.1, -0.05) is 12.1 Å². The summed E-state index contributed by atoms with van der Waals surface area (Å²) in [5, 5.41) is 19.7. The Morgan fingerprint density at radius 2 is 1.86 bits per heavy atom.